The number of thiophene rings is 1. The highest BCUT2D eigenvalue weighted by Crippen LogP contribution is 2.19. The summed E-state index contributed by atoms with van der Waals surface area (Å²) in [7, 11) is 0. The molecular weight excluding hydrogens is 384 g/mol. The lowest BCUT2D eigenvalue weighted by Crippen LogP contribution is -2.27. The van der Waals surface area contributed by atoms with Crippen LogP contribution in [0.25, 0.3) is 0 Å². The molecular formula is C23H24N2O3S. The first-order valence-electron chi connectivity index (χ1n) is 9.55. The SMILES string of the molecule is O=C(CCCNC(=O)c1cccs1)NCc1ccccc1OCc1ccccc1. The molecule has 2 N–H and O–H groups in total. The molecule has 0 spiro atoms. The van der Waals surface area contributed by atoms with Gasteiger partial charge in [-0.1, -0.05) is 54.6 Å². The molecule has 5 nitrogen and oxygen atoms in total. The molecule has 0 atom stereocenters. The molecule has 3 rings (SSSR count). The first-order chi connectivity index (χ1) is 14.2. The highest BCUT2D eigenvalue weighted by atomic mass is 32.1. The summed E-state index contributed by atoms with van der Waals surface area (Å²) in [6.07, 6.45) is 0.951. The molecule has 0 radical (unpaired) electrons. The Morgan fingerprint density at radius 3 is 2.48 bits per heavy atom. The second-order valence-corrected chi connectivity index (χ2v) is 7.44. The van der Waals surface area contributed by atoms with Gasteiger partial charge < -0.3 is 15.4 Å². The highest BCUT2D eigenvalue weighted by Gasteiger charge is 2.08. The first kappa shape index (κ1) is 20.6. The molecule has 0 aliphatic heterocycles. The van der Waals surface area contributed by atoms with E-state index in [1.807, 2.05) is 66.0 Å². The van der Waals surface area contributed by atoms with Crippen molar-refractivity contribution >= 4 is 23.2 Å². The van der Waals surface area contributed by atoms with Crippen LogP contribution in [0.4, 0.5) is 0 Å². The van der Waals surface area contributed by atoms with Crippen molar-refractivity contribution in [2.24, 2.45) is 0 Å². The summed E-state index contributed by atoms with van der Waals surface area (Å²) in [5.41, 5.74) is 2.03. The molecule has 6 heteroatoms. The number of rotatable bonds is 10. The average molecular weight is 409 g/mol. The van der Waals surface area contributed by atoms with Crippen molar-refractivity contribution in [2.75, 3.05) is 6.54 Å². The van der Waals surface area contributed by atoms with E-state index in [2.05, 4.69) is 10.6 Å². The van der Waals surface area contributed by atoms with Gasteiger partial charge in [-0.05, 0) is 29.5 Å². The monoisotopic (exact) mass is 408 g/mol. The van der Waals surface area contributed by atoms with Gasteiger partial charge in [-0.2, -0.15) is 0 Å². The van der Waals surface area contributed by atoms with E-state index >= 15 is 0 Å². The van der Waals surface area contributed by atoms with Crippen LogP contribution in [0.3, 0.4) is 0 Å². The van der Waals surface area contributed by atoms with Crippen LogP contribution in [-0.2, 0) is 17.9 Å². The maximum absolute atomic E-state index is 12.1. The molecule has 1 heterocycles. The van der Waals surface area contributed by atoms with Gasteiger partial charge in [0.1, 0.15) is 12.4 Å². The lowest BCUT2D eigenvalue weighted by molar-refractivity contribution is -0.121. The van der Waals surface area contributed by atoms with Crippen LogP contribution >= 0.6 is 11.3 Å². The molecule has 0 fully saturated rings. The molecule has 0 saturated carbocycles. The van der Waals surface area contributed by atoms with Crippen molar-refractivity contribution in [1.29, 1.82) is 0 Å². The molecule has 0 unspecified atom stereocenters. The van der Waals surface area contributed by atoms with E-state index < -0.39 is 0 Å². The smallest absolute Gasteiger partial charge is 0.261 e. The third-order valence-corrected chi connectivity index (χ3v) is 5.17. The van der Waals surface area contributed by atoms with Gasteiger partial charge in [-0.15, -0.1) is 11.3 Å². The predicted octanol–water partition coefficient (Wildman–Crippen LogP) is 4.15. The van der Waals surface area contributed by atoms with E-state index in [-0.39, 0.29) is 11.8 Å². The van der Waals surface area contributed by atoms with Crippen LogP contribution in [0.15, 0.2) is 72.1 Å². The fraction of sp³-hybridized carbons (Fsp3) is 0.217. The molecule has 150 valence electrons. The van der Waals surface area contributed by atoms with Gasteiger partial charge in [0.25, 0.3) is 5.91 Å². The summed E-state index contributed by atoms with van der Waals surface area (Å²) in [5.74, 6) is 0.623. The Balaban J connectivity index is 1.39. The molecule has 29 heavy (non-hydrogen) atoms. The molecule has 0 saturated heterocycles. The third kappa shape index (κ3) is 6.76. The quantitative estimate of drug-likeness (QED) is 0.495. The standard InChI is InChI=1S/C23H24N2O3S/c26-22(13-6-14-24-23(27)21-12-7-15-29-21)25-16-19-10-4-5-11-20(19)28-17-18-8-2-1-3-9-18/h1-5,7-12,15H,6,13-14,16-17H2,(H,24,27)(H,25,26). The number of carbonyl (C=O) groups excluding carboxylic acids is 2. The van der Waals surface area contributed by atoms with E-state index in [4.69, 9.17) is 4.74 Å². The molecule has 2 amide bonds. The van der Waals surface area contributed by atoms with Gasteiger partial charge in [-0.3, -0.25) is 9.59 Å². The summed E-state index contributed by atoms with van der Waals surface area (Å²) >= 11 is 1.40. The van der Waals surface area contributed by atoms with Crippen LogP contribution in [0.2, 0.25) is 0 Å². The minimum Gasteiger partial charge on any atom is -0.489 e. The minimum atomic E-state index is -0.0927. The molecule has 0 bridgehead atoms. The average Bonchev–Trinajstić information content (AvgIpc) is 3.30. The minimum absolute atomic E-state index is 0.0479. The van der Waals surface area contributed by atoms with Crippen LogP contribution < -0.4 is 15.4 Å². The summed E-state index contributed by atoms with van der Waals surface area (Å²) in [4.78, 5) is 24.6. The number of nitrogens with one attached hydrogen (secondary N) is 2. The lowest BCUT2D eigenvalue weighted by atomic mass is 10.2. The topological polar surface area (TPSA) is 67.4 Å². The van der Waals surface area contributed by atoms with Crippen LogP contribution in [0.5, 0.6) is 5.75 Å². The Bertz CT molecular complexity index is 911. The van der Waals surface area contributed by atoms with Crippen molar-refractivity contribution in [3.05, 3.63) is 88.1 Å². The molecule has 0 aliphatic carbocycles. The number of hydrogen-bond acceptors (Lipinski definition) is 4. The molecule has 0 aliphatic rings. The molecule has 1 aromatic heterocycles. The Kier molecular flexibility index (Phi) is 7.83. The summed E-state index contributed by atoms with van der Waals surface area (Å²) in [5, 5.41) is 7.62. The number of carbonyl (C=O) groups is 2. The van der Waals surface area contributed by atoms with E-state index in [1.165, 1.54) is 11.3 Å². The van der Waals surface area contributed by atoms with E-state index in [9.17, 15) is 9.59 Å². The normalized spacial score (nSPS) is 10.3. The Morgan fingerprint density at radius 1 is 0.897 bits per heavy atom. The Morgan fingerprint density at radius 2 is 1.69 bits per heavy atom. The molecule has 3 aromatic rings. The van der Waals surface area contributed by atoms with Gasteiger partial charge in [0.15, 0.2) is 0 Å². The van der Waals surface area contributed by atoms with Crippen molar-refractivity contribution in [1.82, 2.24) is 10.6 Å². The van der Waals surface area contributed by atoms with E-state index in [0.717, 1.165) is 16.9 Å². The van der Waals surface area contributed by atoms with E-state index in [0.29, 0.717) is 37.4 Å². The first-order valence-corrected chi connectivity index (χ1v) is 10.4. The van der Waals surface area contributed by atoms with Gasteiger partial charge in [-0.25, -0.2) is 0 Å². The summed E-state index contributed by atoms with van der Waals surface area (Å²) in [6, 6.07) is 21.3. The zero-order valence-corrected chi connectivity index (χ0v) is 16.9. The highest BCUT2D eigenvalue weighted by molar-refractivity contribution is 7.12. The van der Waals surface area contributed by atoms with Crippen LogP contribution in [0.1, 0.15) is 33.6 Å². The van der Waals surface area contributed by atoms with Crippen molar-refractivity contribution in [3.63, 3.8) is 0 Å². The Hall–Kier alpha value is -3.12. The zero-order chi connectivity index (χ0) is 20.3. The number of hydrogen-bond donors (Lipinski definition) is 2. The van der Waals surface area contributed by atoms with E-state index in [1.54, 1.807) is 6.07 Å². The van der Waals surface area contributed by atoms with Gasteiger partial charge in [0.2, 0.25) is 5.91 Å². The van der Waals surface area contributed by atoms with Gasteiger partial charge in [0.05, 0.1) is 4.88 Å². The third-order valence-electron chi connectivity index (χ3n) is 4.30. The Labute approximate surface area is 174 Å². The maximum atomic E-state index is 12.1. The maximum Gasteiger partial charge on any atom is 0.261 e. The summed E-state index contributed by atoms with van der Waals surface area (Å²) < 4.78 is 5.92. The lowest BCUT2D eigenvalue weighted by Gasteiger charge is -2.12. The van der Waals surface area contributed by atoms with Crippen LogP contribution in [-0.4, -0.2) is 18.4 Å². The fourth-order valence-corrected chi connectivity index (χ4v) is 3.39. The number of benzene rings is 2. The largest absolute Gasteiger partial charge is 0.489 e. The zero-order valence-electron chi connectivity index (χ0n) is 16.1. The fourth-order valence-electron chi connectivity index (χ4n) is 2.75. The van der Waals surface area contributed by atoms with Crippen molar-refractivity contribution in [2.45, 2.75) is 26.0 Å². The number of amides is 2. The molecule has 2 aromatic carbocycles. The summed E-state index contributed by atoms with van der Waals surface area (Å²) in [6.45, 7) is 1.36. The van der Waals surface area contributed by atoms with Gasteiger partial charge >= 0.3 is 0 Å². The van der Waals surface area contributed by atoms with Crippen LogP contribution in [0, 0.1) is 0 Å². The number of para-hydroxylation sites is 1. The van der Waals surface area contributed by atoms with Gasteiger partial charge in [0, 0.05) is 25.1 Å². The second kappa shape index (κ2) is 11.0. The van der Waals surface area contributed by atoms with Crippen molar-refractivity contribution in [3.8, 4) is 5.75 Å². The number of ether oxygens (including phenoxy) is 1. The predicted molar refractivity (Wildman–Crippen MR) is 115 cm³/mol. The van der Waals surface area contributed by atoms with Crippen molar-refractivity contribution < 1.29 is 14.3 Å². The second-order valence-electron chi connectivity index (χ2n) is 6.50.